The Morgan fingerprint density at radius 3 is 2.60 bits per heavy atom. The smallest absolute Gasteiger partial charge is 0.240 e. The van der Waals surface area contributed by atoms with Crippen LogP contribution in [-0.2, 0) is 9.59 Å². The van der Waals surface area contributed by atoms with Crippen molar-refractivity contribution in [1.82, 2.24) is 20.4 Å². The van der Waals surface area contributed by atoms with Crippen LogP contribution >= 0.6 is 0 Å². The summed E-state index contributed by atoms with van der Waals surface area (Å²) in [7, 11) is 0. The highest BCUT2D eigenvalue weighted by molar-refractivity contribution is 6.13. The highest BCUT2D eigenvalue weighted by Crippen LogP contribution is 2.47. The maximum Gasteiger partial charge on any atom is 0.240 e. The fraction of sp³-hybridized carbons (Fsp3) is 0.306. The normalized spacial score (nSPS) is 16.5. The van der Waals surface area contributed by atoms with Gasteiger partial charge in [0.2, 0.25) is 11.8 Å². The molecule has 2 heterocycles. The zero-order chi connectivity index (χ0) is 34.8. The lowest BCUT2D eigenvalue weighted by molar-refractivity contribution is -0.133. The number of allylic oxidation sites excluding steroid dienone is 5. The van der Waals surface area contributed by atoms with Gasteiger partial charge in [-0.05, 0) is 71.0 Å². The van der Waals surface area contributed by atoms with Crippen molar-refractivity contribution in [3.8, 4) is 5.75 Å². The lowest BCUT2D eigenvalue weighted by atomic mass is 10.0. The molecular weight excluding hydrogens is 616 g/mol. The first-order chi connectivity index (χ1) is 23.0. The van der Waals surface area contributed by atoms with Gasteiger partial charge in [0.1, 0.15) is 11.2 Å². The minimum absolute atomic E-state index is 0.102. The van der Waals surface area contributed by atoms with Gasteiger partial charge in [0.15, 0.2) is 11.6 Å². The van der Waals surface area contributed by atoms with Crippen LogP contribution in [0.2, 0.25) is 0 Å². The van der Waals surface area contributed by atoms with Crippen LogP contribution in [0.4, 0.5) is 14.5 Å². The predicted octanol–water partition coefficient (Wildman–Crippen LogP) is 6.86. The third-order valence-electron chi connectivity index (χ3n) is 8.04. The van der Waals surface area contributed by atoms with E-state index in [1.807, 2.05) is 10.9 Å². The first-order valence-electron chi connectivity index (χ1n) is 15.6. The largest absolute Gasteiger partial charge is 0.455 e. The Morgan fingerprint density at radius 2 is 1.98 bits per heavy atom. The van der Waals surface area contributed by atoms with Crippen molar-refractivity contribution in [2.24, 2.45) is 15.4 Å². The molecule has 0 unspecified atom stereocenters. The Bertz CT molecular complexity index is 1760. The van der Waals surface area contributed by atoms with Crippen LogP contribution in [0, 0.1) is 11.2 Å². The molecular formula is C36H41F2N7O3. The number of carbonyl (C=O) groups excluding carboxylic acids is 2. The van der Waals surface area contributed by atoms with Crippen molar-refractivity contribution in [1.29, 1.82) is 0 Å². The fourth-order valence-corrected chi connectivity index (χ4v) is 4.87. The monoisotopic (exact) mass is 657 g/mol. The summed E-state index contributed by atoms with van der Waals surface area (Å²) >= 11 is 0. The number of carbonyl (C=O) groups is 2. The average molecular weight is 658 g/mol. The number of ether oxygens (including phenoxy) is 1. The van der Waals surface area contributed by atoms with Crippen molar-refractivity contribution in [3.63, 3.8) is 0 Å². The van der Waals surface area contributed by atoms with Crippen LogP contribution < -0.4 is 20.7 Å². The number of anilines is 1. The summed E-state index contributed by atoms with van der Waals surface area (Å²) in [6, 6.07) is 3.93. The number of halogens is 2. The van der Waals surface area contributed by atoms with Crippen LogP contribution in [0.1, 0.15) is 58.4 Å². The molecule has 1 fully saturated rings. The van der Waals surface area contributed by atoms with E-state index < -0.39 is 23.0 Å². The van der Waals surface area contributed by atoms with Crippen LogP contribution in [0.25, 0.3) is 11.4 Å². The first kappa shape index (κ1) is 35.6. The van der Waals surface area contributed by atoms with Crippen molar-refractivity contribution in [2.45, 2.75) is 52.9 Å². The molecule has 1 aromatic carbocycles. The molecule has 0 spiro atoms. The van der Waals surface area contributed by atoms with E-state index in [9.17, 15) is 14.0 Å². The van der Waals surface area contributed by atoms with Gasteiger partial charge in [-0.2, -0.15) is 5.10 Å². The Kier molecular flexibility index (Phi) is 11.9. The summed E-state index contributed by atoms with van der Waals surface area (Å²) in [5.41, 5.74) is 2.53. The highest BCUT2D eigenvalue weighted by atomic mass is 19.1. The molecule has 2 aromatic rings. The number of nitrogens with zero attached hydrogens (tertiary/aromatic N) is 4. The van der Waals surface area contributed by atoms with Crippen LogP contribution in [0.15, 0.2) is 101 Å². The van der Waals surface area contributed by atoms with Crippen LogP contribution in [0.3, 0.4) is 0 Å². The molecule has 0 atom stereocenters. The van der Waals surface area contributed by atoms with Gasteiger partial charge in [0.25, 0.3) is 0 Å². The molecule has 2 amide bonds. The molecule has 10 nitrogen and oxygen atoms in total. The molecule has 1 aromatic heterocycles. The zero-order valence-corrected chi connectivity index (χ0v) is 27.5. The van der Waals surface area contributed by atoms with Crippen molar-refractivity contribution < 1.29 is 23.1 Å². The maximum absolute atomic E-state index is 15.2. The molecule has 4 rings (SSSR count). The molecule has 0 bridgehead atoms. The second-order valence-electron chi connectivity index (χ2n) is 11.4. The Morgan fingerprint density at radius 1 is 1.21 bits per heavy atom. The second kappa shape index (κ2) is 16.1. The zero-order valence-electron chi connectivity index (χ0n) is 27.5. The number of aliphatic imine (C=N–C) groups is 2. The van der Waals surface area contributed by atoms with Crippen molar-refractivity contribution >= 4 is 41.8 Å². The van der Waals surface area contributed by atoms with Gasteiger partial charge in [-0.25, -0.2) is 13.5 Å². The third kappa shape index (κ3) is 8.77. The van der Waals surface area contributed by atoms with E-state index in [0.717, 1.165) is 36.8 Å². The van der Waals surface area contributed by atoms with E-state index in [2.05, 4.69) is 57.0 Å². The van der Waals surface area contributed by atoms with Gasteiger partial charge in [0, 0.05) is 72.6 Å². The van der Waals surface area contributed by atoms with Gasteiger partial charge in [-0.3, -0.25) is 19.6 Å². The van der Waals surface area contributed by atoms with E-state index >= 15 is 4.39 Å². The van der Waals surface area contributed by atoms with Gasteiger partial charge < -0.3 is 20.7 Å². The Labute approximate surface area is 279 Å². The topological polar surface area (TPSA) is 122 Å². The first-order valence-corrected chi connectivity index (χ1v) is 15.6. The molecule has 1 aliphatic heterocycles. The summed E-state index contributed by atoms with van der Waals surface area (Å²) in [6.45, 7) is 18.2. The maximum atomic E-state index is 15.2. The fourth-order valence-electron chi connectivity index (χ4n) is 4.87. The average Bonchev–Trinajstić information content (AvgIpc) is 3.77. The standard InChI is InChI=1S/C36H41F2N7O3/c1-7-27(37)10-9-23(3)43-34(46)36(15-16-36)35(47)44-28-11-12-33(30(38)19-28)48-25(5)24(4)31(41-8-2)20-32(39-6)26-21-42-45(22-26)29-13-17-40-18-14-29/h7-8,11-13,19-22,40H,3,5-6,9-10,14-18H2,1-2,4H3,(H,43,46)(H,44,47)/b27-7+,31-24-,32-20-,41-8?. The molecule has 2 aliphatic rings. The van der Waals surface area contributed by atoms with E-state index in [1.54, 1.807) is 39.3 Å². The molecule has 12 heteroatoms. The molecule has 0 radical (unpaired) electrons. The molecule has 48 heavy (non-hydrogen) atoms. The van der Waals surface area contributed by atoms with Crippen LogP contribution in [-0.4, -0.2) is 47.6 Å². The second-order valence-corrected chi connectivity index (χ2v) is 11.4. The van der Waals surface area contributed by atoms with Crippen molar-refractivity contribution in [3.05, 3.63) is 102 Å². The van der Waals surface area contributed by atoms with E-state index in [4.69, 9.17) is 4.74 Å². The summed E-state index contributed by atoms with van der Waals surface area (Å²) in [5.74, 6) is -2.13. The third-order valence-corrected chi connectivity index (χ3v) is 8.04. The number of aromatic nitrogens is 2. The molecule has 1 saturated carbocycles. The Hall–Kier alpha value is -5.23. The van der Waals surface area contributed by atoms with E-state index in [0.29, 0.717) is 35.5 Å². The molecule has 1 aliphatic carbocycles. The summed E-state index contributed by atoms with van der Waals surface area (Å²) < 4.78 is 36.2. The number of benzene rings is 1. The number of amides is 2. The van der Waals surface area contributed by atoms with Crippen molar-refractivity contribution in [2.75, 3.05) is 18.4 Å². The van der Waals surface area contributed by atoms with E-state index in [-0.39, 0.29) is 35.9 Å². The minimum Gasteiger partial charge on any atom is -0.455 e. The summed E-state index contributed by atoms with van der Waals surface area (Å²) in [5, 5.41) is 13.0. The quantitative estimate of drug-likeness (QED) is 0.0837. The number of hydrogen-bond acceptors (Lipinski definition) is 7. The Balaban J connectivity index is 1.43. The minimum atomic E-state index is -1.30. The van der Waals surface area contributed by atoms with Gasteiger partial charge >= 0.3 is 0 Å². The lowest BCUT2D eigenvalue weighted by Gasteiger charge is -2.17. The highest BCUT2D eigenvalue weighted by Gasteiger charge is 2.56. The molecule has 252 valence electrons. The number of nitrogens with one attached hydrogen (secondary N) is 3. The summed E-state index contributed by atoms with van der Waals surface area (Å²) in [6.07, 6.45) is 12.2. The number of rotatable bonds is 15. The molecule has 3 N–H and O–H groups in total. The summed E-state index contributed by atoms with van der Waals surface area (Å²) in [4.78, 5) is 34.5. The van der Waals surface area contributed by atoms with Crippen LogP contribution in [0.5, 0.6) is 5.75 Å². The molecule has 0 saturated heterocycles. The van der Waals surface area contributed by atoms with Gasteiger partial charge in [-0.1, -0.05) is 19.2 Å². The van der Waals surface area contributed by atoms with Gasteiger partial charge in [-0.15, -0.1) is 0 Å². The van der Waals surface area contributed by atoms with Gasteiger partial charge in [0.05, 0.1) is 23.4 Å². The van der Waals surface area contributed by atoms with E-state index in [1.165, 1.54) is 18.2 Å². The predicted molar refractivity (Wildman–Crippen MR) is 186 cm³/mol. The number of hydrogen-bond donors (Lipinski definition) is 3. The SMILES string of the molecule is C=N/C(=C\C(N=CC)=C(/C)C(=C)Oc1ccc(NC(=O)C2(C(=O)NC(=C)CC/C(F)=C\C)CC2)cc1F)c1cnn(C2=CCNCC2)c1. The lowest BCUT2D eigenvalue weighted by Crippen LogP contribution is -2.39.